The van der Waals surface area contributed by atoms with Gasteiger partial charge in [0.05, 0.1) is 12.6 Å². The Morgan fingerprint density at radius 3 is 2.26 bits per heavy atom. The first kappa shape index (κ1) is 18.5. The van der Waals surface area contributed by atoms with Gasteiger partial charge in [0.2, 0.25) is 0 Å². The van der Waals surface area contributed by atoms with Gasteiger partial charge in [-0.3, -0.25) is 14.8 Å². The molecule has 4 rings (SSSR count). The Balaban J connectivity index is 1.31. The van der Waals surface area contributed by atoms with E-state index in [2.05, 4.69) is 48.7 Å². The van der Waals surface area contributed by atoms with Gasteiger partial charge in [0.25, 0.3) is 0 Å². The molecule has 0 amide bonds. The molecule has 2 fully saturated rings. The van der Waals surface area contributed by atoms with Crippen LogP contribution in [0.1, 0.15) is 48.8 Å². The lowest BCUT2D eigenvalue weighted by molar-refractivity contribution is 0.0775. The molecule has 0 saturated carbocycles. The number of aliphatic hydroxyl groups excluding tert-OH is 1. The number of nitrogens with zero attached hydrogens (tertiary/aromatic N) is 6. The molecule has 27 heavy (non-hydrogen) atoms. The summed E-state index contributed by atoms with van der Waals surface area (Å²) in [6.45, 7) is 5.91. The van der Waals surface area contributed by atoms with Crippen molar-refractivity contribution in [3.8, 4) is 0 Å². The number of hydrogen-bond acceptors (Lipinski definition) is 6. The zero-order chi connectivity index (χ0) is 18.6. The van der Waals surface area contributed by atoms with Crippen molar-refractivity contribution in [1.29, 1.82) is 0 Å². The van der Waals surface area contributed by atoms with Crippen molar-refractivity contribution in [1.82, 2.24) is 29.5 Å². The molecular weight excluding hydrogens is 340 g/mol. The van der Waals surface area contributed by atoms with Gasteiger partial charge in [-0.2, -0.15) is 0 Å². The van der Waals surface area contributed by atoms with E-state index in [1.165, 1.54) is 5.56 Å². The van der Waals surface area contributed by atoms with Crippen LogP contribution < -0.4 is 0 Å². The standard InChI is InChI=1S/C20H30N6O/c1-24-19(15-26-12-6-18(27)7-13-26)22-23-20(24)17-4-10-25(11-5-17)14-16-2-8-21-9-3-16/h2-3,8-9,17-18,27H,4-7,10-15H2,1H3. The highest BCUT2D eigenvalue weighted by molar-refractivity contribution is 5.10. The third kappa shape index (κ3) is 4.54. The summed E-state index contributed by atoms with van der Waals surface area (Å²) in [7, 11) is 2.10. The van der Waals surface area contributed by atoms with Gasteiger partial charge in [0.15, 0.2) is 0 Å². The van der Waals surface area contributed by atoms with E-state index in [-0.39, 0.29) is 6.10 Å². The van der Waals surface area contributed by atoms with E-state index in [9.17, 15) is 5.11 Å². The molecule has 0 radical (unpaired) electrons. The SMILES string of the molecule is Cn1c(CN2CCC(O)CC2)nnc1C1CCN(Cc2ccncc2)CC1. The van der Waals surface area contributed by atoms with Crippen LogP contribution in [0.2, 0.25) is 0 Å². The Kier molecular flexibility index (Phi) is 5.80. The first-order valence-electron chi connectivity index (χ1n) is 10.1. The average Bonchev–Trinajstić information content (AvgIpc) is 3.05. The van der Waals surface area contributed by atoms with Crippen LogP contribution in [0.15, 0.2) is 24.5 Å². The zero-order valence-corrected chi connectivity index (χ0v) is 16.2. The van der Waals surface area contributed by atoms with Crippen molar-refractivity contribution >= 4 is 0 Å². The number of piperidine rings is 2. The van der Waals surface area contributed by atoms with Crippen LogP contribution in [0, 0.1) is 0 Å². The summed E-state index contributed by atoms with van der Waals surface area (Å²) >= 11 is 0. The molecule has 2 saturated heterocycles. The topological polar surface area (TPSA) is 70.3 Å². The number of likely N-dealkylation sites (tertiary alicyclic amines) is 2. The zero-order valence-electron chi connectivity index (χ0n) is 16.2. The summed E-state index contributed by atoms with van der Waals surface area (Å²) in [4.78, 5) is 8.98. The minimum Gasteiger partial charge on any atom is -0.393 e. The van der Waals surface area contributed by atoms with Crippen LogP contribution in [0.5, 0.6) is 0 Å². The van der Waals surface area contributed by atoms with Gasteiger partial charge in [-0.25, -0.2) is 0 Å². The van der Waals surface area contributed by atoms with Crippen molar-refractivity contribution in [2.75, 3.05) is 26.2 Å². The maximum absolute atomic E-state index is 9.67. The van der Waals surface area contributed by atoms with E-state index in [0.717, 1.165) is 76.6 Å². The number of rotatable bonds is 5. The summed E-state index contributed by atoms with van der Waals surface area (Å²) in [5.41, 5.74) is 1.33. The van der Waals surface area contributed by atoms with Gasteiger partial charge < -0.3 is 9.67 Å². The van der Waals surface area contributed by atoms with E-state index in [1.807, 2.05) is 12.4 Å². The molecule has 0 aliphatic carbocycles. The van der Waals surface area contributed by atoms with Crippen molar-refractivity contribution in [2.45, 2.75) is 50.8 Å². The summed E-state index contributed by atoms with van der Waals surface area (Å²) in [5, 5.41) is 18.7. The minimum absolute atomic E-state index is 0.131. The monoisotopic (exact) mass is 370 g/mol. The highest BCUT2D eigenvalue weighted by Crippen LogP contribution is 2.28. The predicted octanol–water partition coefficient (Wildman–Crippen LogP) is 1.55. The normalized spacial score (nSPS) is 21.0. The fourth-order valence-corrected chi connectivity index (χ4v) is 4.24. The molecule has 2 aromatic heterocycles. The smallest absolute Gasteiger partial charge is 0.146 e. The third-order valence-corrected chi connectivity index (χ3v) is 6.03. The first-order chi connectivity index (χ1) is 13.2. The van der Waals surface area contributed by atoms with Crippen LogP contribution in [-0.2, 0) is 20.1 Å². The van der Waals surface area contributed by atoms with Gasteiger partial charge >= 0.3 is 0 Å². The van der Waals surface area contributed by atoms with Crippen LogP contribution in [-0.4, -0.2) is 66.9 Å². The summed E-state index contributed by atoms with van der Waals surface area (Å²) in [6.07, 6.45) is 7.59. The van der Waals surface area contributed by atoms with Crippen LogP contribution in [0.25, 0.3) is 0 Å². The highest BCUT2D eigenvalue weighted by atomic mass is 16.3. The van der Waals surface area contributed by atoms with Crippen LogP contribution in [0.4, 0.5) is 0 Å². The molecule has 1 N–H and O–H groups in total. The molecular formula is C20H30N6O. The van der Waals surface area contributed by atoms with Crippen molar-refractivity contribution in [2.24, 2.45) is 7.05 Å². The maximum Gasteiger partial charge on any atom is 0.146 e. The minimum atomic E-state index is -0.131. The van der Waals surface area contributed by atoms with Crippen molar-refractivity contribution < 1.29 is 5.11 Å². The second-order valence-corrected chi connectivity index (χ2v) is 7.95. The Bertz CT molecular complexity index is 717. The van der Waals surface area contributed by atoms with E-state index < -0.39 is 0 Å². The number of pyridine rings is 1. The molecule has 2 aliphatic heterocycles. The second kappa shape index (κ2) is 8.46. The lowest BCUT2D eigenvalue weighted by Crippen LogP contribution is -2.36. The van der Waals surface area contributed by atoms with E-state index >= 15 is 0 Å². The summed E-state index contributed by atoms with van der Waals surface area (Å²) < 4.78 is 2.20. The molecule has 0 spiro atoms. The van der Waals surface area contributed by atoms with Gasteiger partial charge in [0, 0.05) is 45.0 Å². The molecule has 2 aromatic rings. The van der Waals surface area contributed by atoms with E-state index in [4.69, 9.17) is 0 Å². The third-order valence-electron chi connectivity index (χ3n) is 6.03. The Hall–Kier alpha value is -1.83. The molecule has 2 aliphatic rings. The van der Waals surface area contributed by atoms with Crippen molar-refractivity contribution in [3.63, 3.8) is 0 Å². The molecule has 4 heterocycles. The summed E-state index contributed by atoms with van der Waals surface area (Å²) in [5.74, 6) is 2.67. The van der Waals surface area contributed by atoms with Crippen LogP contribution >= 0.6 is 0 Å². The molecule has 7 nitrogen and oxygen atoms in total. The number of hydrogen-bond donors (Lipinski definition) is 1. The van der Waals surface area contributed by atoms with E-state index in [1.54, 1.807) is 0 Å². The van der Waals surface area contributed by atoms with Crippen LogP contribution in [0.3, 0.4) is 0 Å². The molecule has 0 bridgehead atoms. The van der Waals surface area contributed by atoms with Gasteiger partial charge in [-0.1, -0.05) is 0 Å². The van der Waals surface area contributed by atoms with Crippen molar-refractivity contribution in [3.05, 3.63) is 41.7 Å². The molecule has 0 unspecified atom stereocenters. The quantitative estimate of drug-likeness (QED) is 0.861. The molecule has 0 atom stereocenters. The summed E-state index contributed by atoms with van der Waals surface area (Å²) in [6, 6.07) is 4.20. The maximum atomic E-state index is 9.67. The molecule has 0 aromatic carbocycles. The number of aliphatic hydroxyl groups is 1. The lowest BCUT2D eigenvalue weighted by atomic mass is 9.95. The highest BCUT2D eigenvalue weighted by Gasteiger charge is 2.26. The molecule has 146 valence electrons. The Labute approximate surface area is 161 Å². The second-order valence-electron chi connectivity index (χ2n) is 7.95. The van der Waals surface area contributed by atoms with Gasteiger partial charge in [-0.05, 0) is 56.5 Å². The first-order valence-corrected chi connectivity index (χ1v) is 10.1. The van der Waals surface area contributed by atoms with E-state index in [0.29, 0.717) is 5.92 Å². The lowest BCUT2D eigenvalue weighted by Gasteiger charge is -2.31. The average molecular weight is 371 g/mol. The predicted molar refractivity (Wildman–Crippen MR) is 103 cm³/mol. The van der Waals surface area contributed by atoms with Gasteiger partial charge in [0.1, 0.15) is 11.6 Å². The Morgan fingerprint density at radius 2 is 1.56 bits per heavy atom. The number of aromatic nitrogens is 4. The Morgan fingerprint density at radius 1 is 0.926 bits per heavy atom. The molecule has 7 heteroatoms. The largest absolute Gasteiger partial charge is 0.393 e. The fourth-order valence-electron chi connectivity index (χ4n) is 4.24. The fraction of sp³-hybridized carbons (Fsp3) is 0.650. The van der Waals surface area contributed by atoms with Gasteiger partial charge in [-0.15, -0.1) is 10.2 Å².